The first kappa shape index (κ1) is 15.7. The van der Waals surface area contributed by atoms with Crippen molar-refractivity contribution in [3.05, 3.63) is 54.1 Å². The summed E-state index contributed by atoms with van der Waals surface area (Å²) < 4.78 is 10.5. The van der Waals surface area contributed by atoms with Crippen molar-refractivity contribution < 1.29 is 14.3 Å². The van der Waals surface area contributed by atoms with Gasteiger partial charge in [0.25, 0.3) is 0 Å². The van der Waals surface area contributed by atoms with Gasteiger partial charge in [0.05, 0.1) is 14.2 Å². The van der Waals surface area contributed by atoms with E-state index in [0.29, 0.717) is 23.7 Å². The Morgan fingerprint density at radius 1 is 0.955 bits per heavy atom. The molecule has 0 spiro atoms. The van der Waals surface area contributed by atoms with Crippen LogP contribution in [-0.2, 0) is 6.42 Å². The fourth-order valence-electron chi connectivity index (χ4n) is 2.10. The van der Waals surface area contributed by atoms with Crippen molar-refractivity contribution in [2.45, 2.75) is 6.42 Å². The number of carbonyl (C=O) groups is 1. The average Bonchev–Trinajstić information content (AvgIpc) is 2.56. The van der Waals surface area contributed by atoms with E-state index in [4.69, 9.17) is 9.47 Å². The van der Waals surface area contributed by atoms with Gasteiger partial charge in [-0.15, -0.1) is 0 Å². The molecule has 0 unspecified atom stereocenters. The van der Waals surface area contributed by atoms with Crippen molar-refractivity contribution in [1.29, 1.82) is 0 Å². The Morgan fingerprint density at radius 3 is 2.18 bits per heavy atom. The summed E-state index contributed by atoms with van der Waals surface area (Å²) >= 11 is 0. The number of ether oxygens (including phenoxy) is 2. The second-order valence-corrected chi connectivity index (χ2v) is 4.65. The number of para-hydroxylation sites is 1. The first-order chi connectivity index (χ1) is 10.7. The molecule has 0 aliphatic rings. The van der Waals surface area contributed by atoms with Crippen molar-refractivity contribution in [2.75, 3.05) is 26.1 Å². The second kappa shape index (κ2) is 7.93. The molecule has 2 aromatic rings. The number of nitrogens with one attached hydrogen (secondary N) is 2. The molecular formula is C17H20N2O3. The van der Waals surface area contributed by atoms with Crippen LogP contribution < -0.4 is 20.1 Å². The van der Waals surface area contributed by atoms with E-state index in [1.165, 1.54) is 5.56 Å². The average molecular weight is 300 g/mol. The summed E-state index contributed by atoms with van der Waals surface area (Å²) in [6.45, 7) is 0.549. The molecule has 0 fully saturated rings. The van der Waals surface area contributed by atoms with Crippen LogP contribution in [0, 0.1) is 0 Å². The molecule has 2 amide bonds. The Morgan fingerprint density at radius 2 is 1.59 bits per heavy atom. The first-order valence-electron chi connectivity index (χ1n) is 7.04. The Labute approximate surface area is 130 Å². The predicted octanol–water partition coefficient (Wildman–Crippen LogP) is 3.07. The van der Waals surface area contributed by atoms with Crippen molar-refractivity contribution in [3.63, 3.8) is 0 Å². The lowest BCUT2D eigenvalue weighted by Crippen LogP contribution is -2.30. The van der Waals surface area contributed by atoms with Crippen LogP contribution in [0.15, 0.2) is 48.5 Å². The fraction of sp³-hybridized carbons (Fsp3) is 0.235. The molecule has 0 atom stereocenters. The lowest BCUT2D eigenvalue weighted by atomic mass is 10.1. The lowest BCUT2D eigenvalue weighted by Gasteiger charge is -2.14. The van der Waals surface area contributed by atoms with Crippen molar-refractivity contribution >= 4 is 11.7 Å². The van der Waals surface area contributed by atoms with Gasteiger partial charge in [-0.25, -0.2) is 4.79 Å². The van der Waals surface area contributed by atoms with Crippen LogP contribution in [0.3, 0.4) is 0 Å². The number of anilines is 1. The van der Waals surface area contributed by atoms with Crippen molar-refractivity contribution in [3.8, 4) is 11.5 Å². The molecule has 0 radical (unpaired) electrons. The smallest absolute Gasteiger partial charge is 0.319 e. The zero-order chi connectivity index (χ0) is 15.8. The third kappa shape index (κ3) is 4.15. The van der Waals surface area contributed by atoms with Gasteiger partial charge in [-0.05, 0) is 24.1 Å². The molecule has 5 nitrogen and oxygen atoms in total. The Hall–Kier alpha value is -2.69. The van der Waals surface area contributed by atoms with E-state index in [-0.39, 0.29) is 6.03 Å². The summed E-state index contributed by atoms with van der Waals surface area (Å²) in [5, 5.41) is 5.59. The number of hydrogen-bond acceptors (Lipinski definition) is 3. The topological polar surface area (TPSA) is 59.6 Å². The minimum atomic E-state index is -0.293. The third-order valence-electron chi connectivity index (χ3n) is 3.21. The molecule has 0 aromatic heterocycles. The van der Waals surface area contributed by atoms with Gasteiger partial charge >= 0.3 is 6.03 Å². The van der Waals surface area contributed by atoms with E-state index in [0.717, 1.165) is 6.42 Å². The minimum Gasteiger partial charge on any atom is -0.494 e. The highest BCUT2D eigenvalue weighted by atomic mass is 16.5. The molecular weight excluding hydrogens is 280 g/mol. The van der Waals surface area contributed by atoms with E-state index in [9.17, 15) is 4.79 Å². The molecule has 0 aliphatic heterocycles. The molecule has 2 aromatic carbocycles. The van der Waals surface area contributed by atoms with Crippen LogP contribution in [0.5, 0.6) is 11.5 Å². The monoisotopic (exact) mass is 300 g/mol. The number of methoxy groups -OCH3 is 2. The van der Waals surface area contributed by atoms with E-state index in [1.54, 1.807) is 32.4 Å². The summed E-state index contributed by atoms with van der Waals surface area (Å²) in [7, 11) is 3.10. The zero-order valence-electron chi connectivity index (χ0n) is 12.8. The summed E-state index contributed by atoms with van der Waals surface area (Å²) in [5.41, 5.74) is 1.70. The highest BCUT2D eigenvalue weighted by Gasteiger charge is 2.12. The third-order valence-corrected chi connectivity index (χ3v) is 3.21. The SMILES string of the molecule is COc1cccc(OC)c1NC(=O)NCCc1ccccc1. The Bertz CT molecular complexity index is 592. The Balaban J connectivity index is 1.92. The van der Waals surface area contributed by atoms with Crippen molar-refractivity contribution in [2.24, 2.45) is 0 Å². The van der Waals surface area contributed by atoms with Gasteiger partial charge in [0.2, 0.25) is 0 Å². The maximum absolute atomic E-state index is 12.0. The summed E-state index contributed by atoms with van der Waals surface area (Å²) in [6, 6.07) is 15.0. The number of amides is 2. The number of benzene rings is 2. The van der Waals surface area contributed by atoms with Crippen LogP contribution in [0.2, 0.25) is 0 Å². The van der Waals surface area contributed by atoms with Crippen molar-refractivity contribution in [1.82, 2.24) is 5.32 Å². The van der Waals surface area contributed by atoms with E-state index in [2.05, 4.69) is 10.6 Å². The van der Waals surface area contributed by atoms with Crippen LogP contribution in [-0.4, -0.2) is 26.8 Å². The highest BCUT2D eigenvalue weighted by Crippen LogP contribution is 2.33. The maximum atomic E-state index is 12.0. The summed E-state index contributed by atoms with van der Waals surface area (Å²) in [5.74, 6) is 1.11. The van der Waals surface area contributed by atoms with Gasteiger partial charge in [-0.1, -0.05) is 36.4 Å². The molecule has 0 saturated heterocycles. The molecule has 0 bridgehead atoms. The quantitative estimate of drug-likeness (QED) is 0.862. The number of carbonyl (C=O) groups excluding carboxylic acids is 1. The molecule has 0 aliphatic carbocycles. The van der Waals surface area contributed by atoms with Gasteiger partial charge in [-0.2, -0.15) is 0 Å². The zero-order valence-corrected chi connectivity index (χ0v) is 12.8. The van der Waals surface area contributed by atoms with Crippen LogP contribution in [0.1, 0.15) is 5.56 Å². The molecule has 2 N–H and O–H groups in total. The minimum absolute atomic E-state index is 0.293. The molecule has 2 rings (SSSR count). The maximum Gasteiger partial charge on any atom is 0.319 e. The largest absolute Gasteiger partial charge is 0.494 e. The predicted molar refractivity (Wildman–Crippen MR) is 86.7 cm³/mol. The van der Waals surface area contributed by atoms with E-state index >= 15 is 0 Å². The molecule has 5 heteroatoms. The second-order valence-electron chi connectivity index (χ2n) is 4.65. The van der Waals surface area contributed by atoms with E-state index < -0.39 is 0 Å². The highest BCUT2D eigenvalue weighted by molar-refractivity contribution is 5.92. The van der Waals surface area contributed by atoms with Crippen LogP contribution in [0.25, 0.3) is 0 Å². The standard InChI is InChI=1S/C17H20N2O3/c1-21-14-9-6-10-15(22-2)16(14)19-17(20)18-12-11-13-7-4-3-5-8-13/h3-10H,11-12H2,1-2H3,(H2,18,19,20). The van der Waals surface area contributed by atoms with Gasteiger partial charge in [0, 0.05) is 6.54 Å². The molecule has 0 heterocycles. The van der Waals surface area contributed by atoms with Gasteiger partial charge in [0.1, 0.15) is 17.2 Å². The molecule has 0 saturated carbocycles. The van der Waals surface area contributed by atoms with E-state index in [1.807, 2.05) is 30.3 Å². The molecule has 116 valence electrons. The number of urea groups is 1. The van der Waals surface area contributed by atoms with Crippen LogP contribution in [0.4, 0.5) is 10.5 Å². The normalized spacial score (nSPS) is 9.91. The lowest BCUT2D eigenvalue weighted by molar-refractivity contribution is 0.252. The molecule has 22 heavy (non-hydrogen) atoms. The number of hydrogen-bond donors (Lipinski definition) is 2. The summed E-state index contributed by atoms with van der Waals surface area (Å²) in [4.78, 5) is 12.0. The fourth-order valence-corrected chi connectivity index (χ4v) is 2.10. The number of rotatable bonds is 6. The van der Waals surface area contributed by atoms with Crippen LogP contribution >= 0.6 is 0 Å². The summed E-state index contributed by atoms with van der Waals surface area (Å²) in [6.07, 6.45) is 0.775. The van der Waals surface area contributed by atoms with Gasteiger partial charge in [0.15, 0.2) is 0 Å². The Kier molecular flexibility index (Phi) is 5.65. The van der Waals surface area contributed by atoms with Gasteiger partial charge < -0.3 is 20.1 Å². The first-order valence-corrected chi connectivity index (χ1v) is 7.04. The van der Waals surface area contributed by atoms with Gasteiger partial charge in [-0.3, -0.25) is 0 Å².